The number of carbonyl (C=O) groups excluding carboxylic acids is 1. The summed E-state index contributed by atoms with van der Waals surface area (Å²) in [6.45, 7) is 1.91. The van der Waals surface area contributed by atoms with Crippen LogP contribution in [0.2, 0.25) is 0 Å². The largest absolute Gasteiger partial charge is 0.497 e. The Balaban J connectivity index is 2.21. The van der Waals surface area contributed by atoms with E-state index >= 15 is 0 Å². The summed E-state index contributed by atoms with van der Waals surface area (Å²) in [4.78, 5) is 12.2. The monoisotopic (exact) mass is 330 g/mol. The Bertz CT molecular complexity index is 872. The number of esters is 1. The van der Waals surface area contributed by atoms with Gasteiger partial charge in [0.2, 0.25) is 11.6 Å². The molecular weight excluding hydrogens is 316 g/mol. The molecule has 24 heavy (non-hydrogen) atoms. The predicted octanol–water partition coefficient (Wildman–Crippen LogP) is 1.08. The van der Waals surface area contributed by atoms with Crippen LogP contribution < -0.4 is 10.5 Å². The molecule has 0 spiro atoms. The molecule has 0 aliphatic heterocycles. The lowest BCUT2D eigenvalue weighted by Gasteiger charge is -2.07. The van der Waals surface area contributed by atoms with E-state index in [1.165, 1.54) is 4.68 Å². The van der Waals surface area contributed by atoms with Crippen molar-refractivity contribution in [2.24, 2.45) is 0 Å². The summed E-state index contributed by atoms with van der Waals surface area (Å²) < 4.78 is 16.1. The van der Waals surface area contributed by atoms with Gasteiger partial charge >= 0.3 is 5.97 Å². The van der Waals surface area contributed by atoms with Crippen LogP contribution in [-0.4, -0.2) is 45.0 Å². The summed E-state index contributed by atoms with van der Waals surface area (Å²) in [5.74, 6) is 0.119. The lowest BCUT2D eigenvalue weighted by Crippen LogP contribution is -2.08. The van der Waals surface area contributed by atoms with Gasteiger partial charge in [-0.2, -0.15) is 4.68 Å². The van der Waals surface area contributed by atoms with Crippen molar-refractivity contribution in [3.8, 4) is 22.8 Å². The SMILES string of the molecule is CCOC(=O)c1nnn(-c2nonc2N)c1-c1cccc(OC)c1. The first-order valence-corrected chi connectivity index (χ1v) is 7.01. The Morgan fingerprint density at radius 1 is 1.38 bits per heavy atom. The summed E-state index contributed by atoms with van der Waals surface area (Å²) in [5.41, 5.74) is 6.70. The molecule has 3 rings (SSSR count). The number of nitrogen functional groups attached to an aromatic ring is 1. The van der Waals surface area contributed by atoms with Crippen LogP contribution in [0.4, 0.5) is 5.82 Å². The zero-order chi connectivity index (χ0) is 17.1. The Morgan fingerprint density at radius 3 is 2.88 bits per heavy atom. The summed E-state index contributed by atoms with van der Waals surface area (Å²) in [5, 5.41) is 15.0. The fourth-order valence-electron chi connectivity index (χ4n) is 2.13. The summed E-state index contributed by atoms with van der Waals surface area (Å²) in [6, 6.07) is 7.03. The van der Waals surface area contributed by atoms with Crippen LogP contribution in [0.15, 0.2) is 28.9 Å². The number of aromatic nitrogens is 5. The average Bonchev–Trinajstić information content (AvgIpc) is 3.20. The molecule has 0 atom stereocenters. The highest BCUT2D eigenvalue weighted by Gasteiger charge is 2.26. The molecule has 3 aromatic rings. The van der Waals surface area contributed by atoms with Gasteiger partial charge in [-0.3, -0.25) is 0 Å². The third-order valence-electron chi connectivity index (χ3n) is 3.18. The first-order valence-electron chi connectivity index (χ1n) is 7.01. The molecule has 0 radical (unpaired) electrons. The first-order chi connectivity index (χ1) is 11.7. The van der Waals surface area contributed by atoms with E-state index in [0.29, 0.717) is 17.0 Å². The van der Waals surface area contributed by atoms with Gasteiger partial charge in [-0.15, -0.1) is 5.10 Å². The molecule has 124 valence electrons. The van der Waals surface area contributed by atoms with E-state index in [2.05, 4.69) is 25.3 Å². The smallest absolute Gasteiger partial charge is 0.361 e. The molecule has 2 aromatic heterocycles. The second kappa shape index (κ2) is 6.36. The second-order valence-corrected chi connectivity index (χ2v) is 4.62. The number of rotatable bonds is 5. The number of benzene rings is 1. The minimum atomic E-state index is -0.614. The molecule has 0 aliphatic carbocycles. The molecule has 0 saturated heterocycles. The number of nitrogens with zero attached hydrogens (tertiary/aromatic N) is 5. The number of hydrogen-bond donors (Lipinski definition) is 1. The van der Waals surface area contributed by atoms with E-state index in [4.69, 9.17) is 15.2 Å². The maximum Gasteiger partial charge on any atom is 0.361 e. The highest BCUT2D eigenvalue weighted by atomic mass is 16.6. The second-order valence-electron chi connectivity index (χ2n) is 4.62. The first kappa shape index (κ1) is 15.5. The van der Waals surface area contributed by atoms with Crippen molar-refractivity contribution in [3.05, 3.63) is 30.0 Å². The van der Waals surface area contributed by atoms with Crippen LogP contribution in [0.5, 0.6) is 5.75 Å². The zero-order valence-electron chi connectivity index (χ0n) is 13.0. The number of methoxy groups -OCH3 is 1. The Hall–Kier alpha value is -3.43. The molecule has 10 nitrogen and oxygen atoms in total. The molecule has 2 N–H and O–H groups in total. The van der Waals surface area contributed by atoms with Crippen LogP contribution in [0.1, 0.15) is 17.4 Å². The van der Waals surface area contributed by atoms with Crippen LogP contribution >= 0.6 is 0 Å². The molecular formula is C14H14N6O4. The Labute approximate surface area is 136 Å². The summed E-state index contributed by atoms with van der Waals surface area (Å²) >= 11 is 0. The zero-order valence-corrected chi connectivity index (χ0v) is 13.0. The molecule has 0 saturated carbocycles. The van der Waals surface area contributed by atoms with Crippen molar-refractivity contribution in [2.45, 2.75) is 6.92 Å². The standard InChI is InChI=1S/C14H14N6O4/c1-3-23-14(21)10-11(8-5-4-6-9(7-8)22-2)20(19-16-10)13-12(15)17-24-18-13/h4-7H,3H2,1-2H3,(H2,15,17). The normalized spacial score (nSPS) is 10.6. The van der Waals surface area contributed by atoms with Crippen LogP contribution in [0.3, 0.4) is 0 Å². The molecule has 0 amide bonds. The predicted molar refractivity (Wildman–Crippen MR) is 81.6 cm³/mol. The Morgan fingerprint density at radius 2 is 2.21 bits per heavy atom. The number of hydrogen-bond acceptors (Lipinski definition) is 9. The molecule has 0 aliphatic rings. The van der Waals surface area contributed by atoms with E-state index in [0.717, 1.165) is 0 Å². The summed E-state index contributed by atoms with van der Waals surface area (Å²) in [6.07, 6.45) is 0. The molecule has 0 bridgehead atoms. The van der Waals surface area contributed by atoms with Gasteiger partial charge in [0.05, 0.1) is 13.7 Å². The van der Waals surface area contributed by atoms with Crippen molar-refractivity contribution in [3.63, 3.8) is 0 Å². The van der Waals surface area contributed by atoms with Gasteiger partial charge in [0.15, 0.2) is 5.69 Å². The van der Waals surface area contributed by atoms with E-state index in [9.17, 15) is 4.79 Å². The Kier molecular flexibility index (Phi) is 4.10. The van der Waals surface area contributed by atoms with Gasteiger partial charge in [0.25, 0.3) is 0 Å². The van der Waals surface area contributed by atoms with E-state index in [1.54, 1.807) is 38.3 Å². The van der Waals surface area contributed by atoms with Crippen molar-refractivity contribution in [1.82, 2.24) is 25.3 Å². The van der Waals surface area contributed by atoms with Crippen molar-refractivity contribution in [2.75, 3.05) is 19.5 Å². The van der Waals surface area contributed by atoms with Crippen molar-refractivity contribution in [1.29, 1.82) is 0 Å². The highest BCUT2D eigenvalue weighted by Crippen LogP contribution is 2.29. The van der Waals surface area contributed by atoms with Crippen LogP contribution in [0.25, 0.3) is 17.1 Å². The van der Waals surface area contributed by atoms with Gasteiger partial charge in [-0.05, 0) is 29.4 Å². The highest BCUT2D eigenvalue weighted by molar-refractivity contribution is 5.94. The maximum absolute atomic E-state index is 12.2. The quantitative estimate of drug-likeness (QED) is 0.682. The fourth-order valence-corrected chi connectivity index (χ4v) is 2.13. The molecule has 10 heteroatoms. The molecule has 0 unspecified atom stereocenters. The number of nitrogens with two attached hydrogens (primary N) is 1. The fraction of sp³-hybridized carbons (Fsp3) is 0.214. The maximum atomic E-state index is 12.2. The van der Waals surface area contributed by atoms with E-state index in [-0.39, 0.29) is 23.9 Å². The minimum Gasteiger partial charge on any atom is -0.497 e. The van der Waals surface area contributed by atoms with Crippen molar-refractivity contribution < 1.29 is 18.9 Å². The van der Waals surface area contributed by atoms with Gasteiger partial charge in [0, 0.05) is 5.56 Å². The molecule has 0 fully saturated rings. The van der Waals surface area contributed by atoms with Crippen LogP contribution in [0, 0.1) is 0 Å². The lowest BCUT2D eigenvalue weighted by atomic mass is 10.1. The summed E-state index contributed by atoms with van der Waals surface area (Å²) in [7, 11) is 1.54. The topological polar surface area (TPSA) is 131 Å². The number of carbonyl (C=O) groups is 1. The average molecular weight is 330 g/mol. The molecule has 2 heterocycles. The minimum absolute atomic E-state index is 0.0134. The van der Waals surface area contributed by atoms with E-state index < -0.39 is 5.97 Å². The lowest BCUT2D eigenvalue weighted by molar-refractivity contribution is 0.0520. The van der Waals surface area contributed by atoms with E-state index in [1.807, 2.05) is 0 Å². The third kappa shape index (κ3) is 2.64. The van der Waals surface area contributed by atoms with Gasteiger partial charge in [-0.25, -0.2) is 9.42 Å². The number of anilines is 1. The molecule has 1 aromatic carbocycles. The van der Waals surface area contributed by atoms with Crippen LogP contribution in [-0.2, 0) is 4.74 Å². The van der Waals surface area contributed by atoms with Gasteiger partial charge < -0.3 is 15.2 Å². The van der Waals surface area contributed by atoms with Gasteiger partial charge in [-0.1, -0.05) is 17.3 Å². The van der Waals surface area contributed by atoms with Gasteiger partial charge in [0.1, 0.15) is 11.4 Å². The van der Waals surface area contributed by atoms with Crippen molar-refractivity contribution >= 4 is 11.8 Å². The third-order valence-corrected chi connectivity index (χ3v) is 3.18. The number of ether oxygens (including phenoxy) is 2.